The second kappa shape index (κ2) is 7.30. The quantitative estimate of drug-likeness (QED) is 0.706. The number of amides is 1. The Bertz CT molecular complexity index is 1030. The molecule has 5 nitrogen and oxygen atoms in total. The predicted molar refractivity (Wildman–Crippen MR) is 103 cm³/mol. The molecule has 0 bridgehead atoms. The van der Waals surface area contributed by atoms with Gasteiger partial charge in [-0.05, 0) is 37.6 Å². The molecule has 0 spiro atoms. The summed E-state index contributed by atoms with van der Waals surface area (Å²) < 4.78 is 1.24. The van der Waals surface area contributed by atoms with E-state index in [0.29, 0.717) is 10.4 Å². The topological polar surface area (TPSA) is 55.2 Å². The molecular weight excluding hydrogens is 350 g/mol. The lowest BCUT2D eigenvalue weighted by Crippen LogP contribution is -2.36. The van der Waals surface area contributed by atoms with Crippen LogP contribution in [-0.4, -0.2) is 27.6 Å². The molecule has 2 aromatic carbocycles. The lowest BCUT2D eigenvalue weighted by molar-refractivity contribution is -0.132. The van der Waals surface area contributed by atoms with Crippen LogP contribution in [0.3, 0.4) is 0 Å². The molecule has 1 aromatic heterocycles. The van der Waals surface area contributed by atoms with Crippen LogP contribution in [0, 0.1) is 6.92 Å². The molecule has 1 amide bonds. The summed E-state index contributed by atoms with van der Waals surface area (Å²) in [4.78, 5) is 26.9. The minimum absolute atomic E-state index is 0.105. The molecule has 0 saturated carbocycles. The van der Waals surface area contributed by atoms with Gasteiger partial charge in [-0.25, -0.2) is 4.68 Å². The predicted octanol–water partition coefficient (Wildman–Crippen LogP) is 3.58. The number of carbonyl (C=O) groups excluding carboxylic acids is 1. The minimum Gasteiger partial charge on any atom is -0.337 e. The molecule has 1 heterocycles. The Morgan fingerprint density at radius 1 is 1.19 bits per heavy atom. The number of likely N-dealkylation sites (N-methyl/N-ethyl adjacent to an activating group) is 1. The van der Waals surface area contributed by atoms with E-state index in [1.165, 1.54) is 4.68 Å². The van der Waals surface area contributed by atoms with Gasteiger partial charge >= 0.3 is 0 Å². The fourth-order valence-electron chi connectivity index (χ4n) is 2.96. The van der Waals surface area contributed by atoms with E-state index in [2.05, 4.69) is 5.10 Å². The van der Waals surface area contributed by atoms with Crippen molar-refractivity contribution < 1.29 is 4.79 Å². The zero-order valence-corrected chi connectivity index (χ0v) is 15.7. The fraction of sp³-hybridized carbons (Fsp3) is 0.250. The highest BCUT2D eigenvalue weighted by atomic mass is 35.5. The zero-order valence-electron chi connectivity index (χ0n) is 14.9. The average Bonchev–Trinajstić information content (AvgIpc) is 2.64. The number of aromatic nitrogens is 2. The van der Waals surface area contributed by atoms with Crippen LogP contribution < -0.4 is 5.56 Å². The number of carbonyl (C=O) groups is 1. The Labute approximate surface area is 156 Å². The van der Waals surface area contributed by atoms with Gasteiger partial charge in [0.25, 0.3) is 5.56 Å². The molecule has 0 saturated heterocycles. The summed E-state index contributed by atoms with van der Waals surface area (Å²) in [6.45, 7) is 3.65. The lowest BCUT2D eigenvalue weighted by atomic mass is 10.1. The van der Waals surface area contributed by atoms with Crippen LogP contribution in [0.15, 0.2) is 53.3 Å². The molecule has 0 N–H and O–H groups in total. The van der Waals surface area contributed by atoms with Crippen LogP contribution in [0.5, 0.6) is 0 Å². The van der Waals surface area contributed by atoms with Crippen LogP contribution in [-0.2, 0) is 11.3 Å². The summed E-state index contributed by atoms with van der Waals surface area (Å²) in [6.07, 6.45) is 0. The van der Waals surface area contributed by atoms with Crippen molar-refractivity contribution >= 4 is 28.3 Å². The van der Waals surface area contributed by atoms with Gasteiger partial charge in [-0.3, -0.25) is 9.59 Å². The first-order valence-corrected chi connectivity index (χ1v) is 8.74. The van der Waals surface area contributed by atoms with Crippen molar-refractivity contribution in [3.63, 3.8) is 0 Å². The van der Waals surface area contributed by atoms with Crippen LogP contribution in [0.1, 0.15) is 24.2 Å². The minimum atomic E-state index is -0.261. The number of hydrogen-bond donors (Lipinski definition) is 0. The molecule has 0 aliphatic rings. The van der Waals surface area contributed by atoms with Crippen molar-refractivity contribution in [3.8, 4) is 0 Å². The fourth-order valence-corrected chi connectivity index (χ4v) is 3.16. The summed E-state index contributed by atoms with van der Waals surface area (Å²) in [7, 11) is 1.72. The van der Waals surface area contributed by atoms with Gasteiger partial charge in [0.2, 0.25) is 5.91 Å². The van der Waals surface area contributed by atoms with Crippen LogP contribution in [0.2, 0.25) is 5.02 Å². The summed E-state index contributed by atoms with van der Waals surface area (Å²) in [5.74, 6) is -0.193. The van der Waals surface area contributed by atoms with Crippen LogP contribution in [0.4, 0.5) is 0 Å². The highest BCUT2D eigenvalue weighted by molar-refractivity contribution is 6.30. The average molecular weight is 370 g/mol. The Kier molecular flexibility index (Phi) is 5.09. The molecule has 6 heteroatoms. The zero-order chi connectivity index (χ0) is 18.8. The van der Waals surface area contributed by atoms with E-state index in [1.807, 2.05) is 50.2 Å². The van der Waals surface area contributed by atoms with Crippen molar-refractivity contribution in [2.75, 3.05) is 7.05 Å². The number of fused-ring (bicyclic) bond motifs is 1. The van der Waals surface area contributed by atoms with Crippen molar-refractivity contribution in [2.45, 2.75) is 26.4 Å². The summed E-state index contributed by atoms with van der Waals surface area (Å²) >= 11 is 6.04. The van der Waals surface area contributed by atoms with E-state index < -0.39 is 0 Å². The van der Waals surface area contributed by atoms with E-state index in [9.17, 15) is 9.59 Å². The van der Waals surface area contributed by atoms with Gasteiger partial charge in [0.15, 0.2) is 0 Å². The standard InChI is InChI=1S/C20H20ClN3O2/c1-13-17-9-4-5-10-18(17)20(26)24(22-13)12-19(25)23(3)14(2)15-7-6-8-16(21)11-15/h4-11,14H,12H2,1-3H3. The van der Waals surface area contributed by atoms with Crippen molar-refractivity contribution in [1.82, 2.24) is 14.7 Å². The van der Waals surface area contributed by atoms with E-state index in [4.69, 9.17) is 11.6 Å². The molecule has 0 fully saturated rings. The van der Waals surface area contributed by atoms with Gasteiger partial charge in [0.05, 0.1) is 17.1 Å². The molecule has 3 aromatic rings. The van der Waals surface area contributed by atoms with Gasteiger partial charge in [-0.1, -0.05) is 41.9 Å². The monoisotopic (exact) mass is 369 g/mol. The number of hydrogen-bond acceptors (Lipinski definition) is 3. The van der Waals surface area contributed by atoms with Crippen LogP contribution >= 0.6 is 11.6 Å². The first-order valence-electron chi connectivity index (χ1n) is 8.36. The first-order chi connectivity index (χ1) is 12.4. The molecule has 3 rings (SSSR count). The highest BCUT2D eigenvalue weighted by Crippen LogP contribution is 2.22. The van der Waals surface area contributed by atoms with Gasteiger partial charge in [0, 0.05) is 17.5 Å². The van der Waals surface area contributed by atoms with Gasteiger partial charge in [-0.2, -0.15) is 5.10 Å². The molecule has 1 atom stereocenters. The Balaban J connectivity index is 1.87. The second-order valence-corrected chi connectivity index (χ2v) is 6.77. The van der Waals surface area contributed by atoms with Crippen molar-refractivity contribution in [2.24, 2.45) is 0 Å². The first kappa shape index (κ1) is 18.1. The van der Waals surface area contributed by atoms with Gasteiger partial charge in [-0.15, -0.1) is 0 Å². The summed E-state index contributed by atoms with van der Waals surface area (Å²) in [5.41, 5.74) is 1.39. The maximum atomic E-state index is 12.7. The van der Waals surface area contributed by atoms with E-state index in [0.717, 1.165) is 16.6 Å². The van der Waals surface area contributed by atoms with E-state index >= 15 is 0 Å². The van der Waals surface area contributed by atoms with E-state index in [-0.39, 0.29) is 24.1 Å². The molecular formula is C20H20ClN3O2. The Morgan fingerprint density at radius 3 is 2.58 bits per heavy atom. The molecule has 0 radical (unpaired) electrons. The molecule has 134 valence electrons. The number of halogens is 1. The SMILES string of the molecule is Cc1nn(CC(=O)N(C)C(C)c2cccc(Cl)c2)c(=O)c2ccccc12. The molecule has 1 unspecified atom stereocenters. The third-order valence-corrected chi connectivity index (χ3v) is 4.88. The lowest BCUT2D eigenvalue weighted by Gasteiger charge is -2.25. The Morgan fingerprint density at radius 2 is 1.88 bits per heavy atom. The summed E-state index contributed by atoms with van der Waals surface area (Å²) in [5, 5.41) is 6.30. The van der Waals surface area contributed by atoms with Crippen molar-refractivity contribution in [1.29, 1.82) is 0 Å². The molecule has 26 heavy (non-hydrogen) atoms. The third-order valence-electron chi connectivity index (χ3n) is 4.64. The maximum Gasteiger partial charge on any atom is 0.275 e. The van der Waals surface area contributed by atoms with Gasteiger partial charge < -0.3 is 4.90 Å². The molecule has 0 aliphatic heterocycles. The molecule has 0 aliphatic carbocycles. The number of aryl methyl sites for hydroxylation is 1. The normalized spacial score (nSPS) is 12.2. The number of nitrogens with zero attached hydrogens (tertiary/aromatic N) is 3. The van der Waals surface area contributed by atoms with Gasteiger partial charge in [0.1, 0.15) is 6.54 Å². The summed E-state index contributed by atoms with van der Waals surface area (Å²) in [6, 6.07) is 14.5. The number of benzene rings is 2. The van der Waals surface area contributed by atoms with Crippen molar-refractivity contribution in [3.05, 3.63) is 75.2 Å². The number of rotatable bonds is 4. The second-order valence-electron chi connectivity index (χ2n) is 6.33. The smallest absolute Gasteiger partial charge is 0.275 e. The largest absolute Gasteiger partial charge is 0.337 e. The third kappa shape index (κ3) is 3.48. The van der Waals surface area contributed by atoms with E-state index in [1.54, 1.807) is 24.1 Å². The Hall–Kier alpha value is -2.66. The van der Waals surface area contributed by atoms with Crippen LogP contribution in [0.25, 0.3) is 10.8 Å². The highest BCUT2D eigenvalue weighted by Gasteiger charge is 2.19. The maximum absolute atomic E-state index is 12.7.